The van der Waals surface area contributed by atoms with E-state index in [4.69, 9.17) is 4.74 Å². The van der Waals surface area contributed by atoms with Gasteiger partial charge in [0.15, 0.2) is 23.2 Å². The van der Waals surface area contributed by atoms with Crippen LogP contribution in [0.25, 0.3) is 10.9 Å². The number of H-pyrrole nitrogens is 2. The number of fused-ring (bicyclic) bond motifs is 1. The van der Waals surface area contributed by atoms with E-state index >= 15 is 4.39 Å². The molecular weight excluding hydrogens is 492 g/mol. The van der Waals surface area contributed by atoms with Gasteiger partial charge in [-0.15, -0.1) is 0 Å². The van der Waals surface area contributed by atoms with Crippen molar-refractivity contribution in [2.45, 2.75) is 13.8 Å². The number of hydrogen-bond donors (Lipinski definition) is 3. The number of rotatable bonds is 6. The van der Waals surface area contributed by atoms with Crippen molar-refractivity contribution in [1.29, 1.82) is 0 Å². The number of aromatic nitrogens is 6. The first-order valence-corrected chi connectivity index (χ1v) is 12.2. The van der Waals surface area contributed by atoms with Gasteiger partial charge in [0, 0.05) is 79.2 Å². The first-order valence-electron chi connectivity index (χ1n) is 12.2. The number of pyridine rings is 1. The van der Waals surface area contributed by atoms with Crippen LogP contribution in [0, 0.1) is 25.5 Å². The summed E-state index contributed by atoms with van der Waals surface area (Å²) in [5, 5.41) is 10.3. The number of halogens is 2. The van der Waals surface area contributed by atoms with Crippen LogP contribution in [-0.4, -0.2) is 56.3 Å². The SMILES string of the molecule is Cc1cc(Nc2cc(N3CCN(c4ccncc4)CC3)nc(Oc3cc(F)c4[nH]c(C)cc4c3F)n2)n[nH]1. The van der Waals surface area contributed by atoms with Gasteiger partial charge in [-0.05, 0) is 32.0 Å². The van der Waals surface area contributed by atoms with Crippen LogP contribution in [-0.2, 0) is 0 Å². The first-order chi connectivity index (χ1) is 18.4. The average molecular weight is 518 g/mol. The molecule has 0 unspecified atom stereocenters. The molecule has 0 atom stereocenters. The van der Waals surface area contributed by atoms with E-state index in [9.17, 15) is 4.39 Å². The van der Waals surface area contributed by atoms with E-state index in [1.54, 1.807) is 25.4 Å². The van der Waals surface area contributed by atoms with Crippen LogP contribution in [0.4, 0.5) is 31.9 Å². The molecule has 12 heteroatoms. The van der Waals surface area contributed by atoms with Gasteiger partial charge in [0.05, 0.1) is 5.52 Å². The Kier molecular flexibility index (Phi) is 5.98. The summed E-state index contributed by atoms with van der Waals surface area (Å²) >= 11 is 0. The Balaban J connectivity index is 1.31. The summed E-state index contributed by atoms with van der Waals surface area (Å²) in [6.07, 6.45) is 3.55. The van der Waals surface area contributed by atoms with E-state index in [-0.39, 0.29) is 22.7 Å². The molecule has 194 valence electrons. The van der Waals surface area contributed by atoms with E-state index in [2.05, 4.69) is 45.2 Å². The van der Waals surface area contributed by atoms with Crippen LogP contribution in [0.5, 0.6) is 11.8 Å². The van der Waals surface area contributed by atoms with Crippen LogP contribution in [0.3, 0.4) is 0 Å². The summed E-state index contributed by atoms with van der Waals surface area (Å²) in [6.45, 7) is 6.55. The molecule has 0 radical (unpaired) electrons. The Morgan fingerprint density at radius 2 is 1.66 bits per heavy atom. The maximum Gasteiger partial charge on any atom is 0.326 e. The van der Waals surface area contributed by atoms with Gasteiger partial charge in [0.1, 0.15) is 11.6 Å². The topological polar surface area (TPSA) is 111 Å². The largest absolute Gasteiger partial charge is 0.421 e. The van der Waals surface area contributed by atoms with Gasteiger partial charge in [0.2, 0.25) is 0 Å². The Bertz CT molecular complexity index is 1590. The minimum Gasteiger partial charge on any atom is -0.421 e. The Morgan fingerprint density at radius 3 is 2.39 bits per heavy atom. The predicted octanol–water partition coefficient (Wildman–Crippen LogP) is 4.83. The third kappa shape index (κ3) is 4.67. The molecule has 1 saturated heterocycles. The second-order valence-electron chi connectivity index (χ2n) is 9.15. The van der Waals surface area contributed by atoms with Crippen LogP contribution >= 0.6 is 0 Å². The molecule has 0 aliphatic carbocycles. The molecule has 1 aromatic carbocycles. The summed E-state index contributed by atoms with van der Waals surface area (Å²) in [4.78, 5) is 20.2. The average Bonchev–Trinajstić information content (AvgIpc) is 3.53. The second kappa shape index (κ2) is 9.61. The van der Waals surface area contributed by atoms with Gasteiger partial charge in [-0.25, -0.2) is 8.78 Å². The molecule has 1 aliphatic heterocycles. The minimum atomic E-state index is -0.692. The van der Waals surface area contributed by atoms with Crippen molar-refractivity contribution < 1.29 is 13.5 Å². The lowest BCUT2D eigenvalue weighted by Crippen LogP contribution is -2.46. The highest BCUT2D eigenvalue weighted by atomic mass is 19.1. The van der Waals surface area contributed by atoms with E-state index in [0.29, 0.717) is 36.2 Å². The molecule has 3 N–H and O–H groups in total. The highest BCUT2D eigenvalue weighted by Crippen LogP contribution is 2.33. The number of nitrogens with one attached hydrogen (secondary N) is 3. The van der Waals surface area contributed by atoms with Gasteiger partial charge in [0.25, 0.3) is 0 Å². The molecule has 1 aliphatic rings. The van der Waals surface area contributed by atoms with Gasteiger partial charge in [-0.1, -0.05) is 0 Å². The third-order valence-electron chi connectivity index (χ3n) is 6.39. The molecule has 1 fully saturated rings. The van der Waals surface area contributed by atoms with Crippen molar-refractivity contribution in [2.75, 3.05) is 41.3 Å². The van der Waals surface area contributed by atoms with Crippen molar-refractivity contribution in [2.24, 2.45) is 0 Å². The lowest BCUT2D eigenvalue weighted by atomic mass is 10.2. The lowest BCUT2D eigenvalue weighted by Gasteiger charge is -2.36. The first kappa shape index (κ1) is 23.6. The lowest BCUT2D eigenvalue weighted by molar-refractivity contribution is 0.410. The van der Waals surface area contributed by atoms with Gasteiger partial charge in [-0.3, -0.25) is 10.1 Å². The summed E-state index contributed by atoms with van der Waals surface area (Å²) in [7, 11) is 0. The zero-order valence-electron chi connectivity index (χ0n) is 20.8. The van der Waals surface area contributed by atoms with Crippen molar-refractivity contribution in [1.82, 2.24) is 30.1 Å². The van der Waals surface area contributed by atoms with E-state index in [1.165, 1.54) is 6.07 Å². The quantitative estimate of drug-likeness (QED) is 0.294. The Hall–Kier alpha value is -4.74. The molecule has 10 nitrogen and oxygen atoms in total. The number of hydrogen-bond acceptors (Lipinski definition) is 8. The molecule has 38 heavy (non-hydrogen) atoms. The maximum absolute atomic E-state index is 15.2. The van der Waals surface area contributed by atoms with E-state index in [1.807, 2.05) is 25.1 Å². The highest BCUT2D eigenvalue weighted by Gasteiger charge is 2.22. The molecule has 6 rings (SSSR count). The third-order valence-corrected chi connectivity index (χ3v) is 6.39. The van der Waals surface area contributed by atoms with Crippen LogP contribution in [0.1, 0.15) is 11.4 Å². The van der Waals surface area contributed by atoms with Gasteiger partial charge < -0.3 is 24.8 Å². The molecule has 5 heterocycles. The number of piperazine rings is 1. The molecule has 0 bridgehead atoms. The fourth-order valence-corrected chi connectivity index (χ4v) is 4.55. The minimum absolute atomic E-state index is 0.0883. The molecule has 0 saturated carbocycles. The second-order valence-corrected chi connectivity index (χ2v) is 9.15. The van der Waals surface area contributed by atoms with E-state index < -0.39 is 11.6 Å². The van der Waals surface area contributed by atoms with Crippen LogP contribution < -0.4 is 19.9 Å². The molecule has 0 amide bonds. The highest BCUT2D eigenvalue weighted by molar-refractivity contribution is 5.83. The van der Waals surface area contributed by atoms with Crippen LogP contribution in [0.15, 0.2) is 48.8 Å². The molecule has 0 spiro atoms. The fourth-order valence-electron chi connectivity index (χ4n) is 4.55. The number of nitrogens with zero attached hydrogens (tertiary/aromatic N) is 6. The fraction of sp³-hybridized carbons (Fsp3) is 0.231. The predicted molar refractivity (Wildman–Crippen MR) is 140 cm³/mol. The van der Waals surface area contributed by atoms with Crippen molar-refractivity contribution >= 4 is 34.0 Å². The zero-order valence-corrected chi connectivity index (χ0v) is 20.8. The molecular formula is C26H25F2N9O. The van der Waals surface area contributed by atoms with Gasteiger partial charge >= 0.3 is 6.01 Å². The van der Waals surface area contributed by atoms with Crippen molar-refractivity contribution in [3.63, 3.8) is 0 Å². The van der Waals surface area contributed by atoms with Crippen molar-refractivity contribution in [3.05, 3.63) is 71.8 Å². The maximum atomic E-state index is 15.2. The summed E-state index contributed by atoms with van der Waals surface area (Å²) in [5.74, 6) is -0.0512. The Labute approximate surface area is 216 Å². The van der Waals surface area contributed by atoms with Crippen molar-refractivity contribution in [3.8, 4) is 11.8 Å². The smallest absolute Gasteiger partial charge is 0.326 e. The van der Waals surface area contributed by atoms with E-state index in [0.717, 1.165) is 30.5 Å². The number of ether oxygens (including phenoxy) is 1. The Morgan fingerprint density at radius 1 is 0.895 bits per heavy atom. The molecule has 4 aromatic heterocycles. The van der Waals surface area contributed by atoms with Gasteiger partial charge in [-0.2, -0.15) is 15.1 Å². The summed E-state index contributed by atoms with van der Waals surface area (Å²) in [5.41, 5.74) is 2.71. The standard InChI is InChI=1S/C26H25F2N9O/c1-15-11-18-24(28)20(13-19(27)25(18)30-15)38-26-32-21(31-22-12-16(2)34-35-22)14-23(33-26)37-9-7-36(8-10-37)17-3-5-29-6-4-17/h3-6,11-14,30H,7-10H2,1-2H3,(H2,31,32,33,34,35). The summed E-state index contributed by atoms with van der Waals surface area (Å²) < 4.78 is 35.7. The summed E-state index contributed by atoms with van der Waals surface area (Å²) in [6, 6.07) is 10.0. The normalized spacial score (nSPS) is 13.8. The monoisotopic (exact) mass is 517 g/mol. The number of aromatic amines is 2. The molecule has 5 aromatic rings. The zero-order chi connectivity index (χ0) is 26.2. The number of aryl methyl sites for hydroxylation is 2. The number of benzene rings is 1. The van der Waals surface area contributed by atoms with Crippen LogP contribution in [0.2, 0.25) is 0 Å². The number of anilines is 4.